The van der Waals surface area contributed by atoms with E-state index in [-0.39, 0.29) is 12.0 Å². The number of fused-ring (bicyclic) bond motifs is 1. The third-order valence-corrected chi connectivity index (χ3v) is 6.14. The molecular weight excluding hydrogens is 400 g/mol. The van der Waals surface area contributed by atoms with Crippen LogP contribution in [0.4, 0.5) is 10.8 Å². The Kier molecular flexibility index (Phi) is 5.11. The summed E-state index contributed by atoms with van der Waals surface area (Å²) in [4.78, 5) is 20.9. The summed E-state index contributed by atoms with van der Waals surface area (Å²) in [5.74, 6) is 0.921. The summed E-state index contributed by atoms with van der Waals surface area (Å²) in [5, 5.41) is 8.83. The molecule has 1 amide bonds. The lowest BCUT2D eigenvalue weighted by atomic mass is 9.96. The molecule has 10 heteroatoms. The fourth-order valence-corrected chi connectivity index (χ4v) is 4.37. The largest absolute Gasteiger partial charge is 0.444 e. The van der Waals surface area contributed by atoms with Crippen LogP contribution in [0.3, 0.4) is 0 Å². The van der Waals surface area contributed by atoms with E-state index in [9.17, 15) is 4.79 Å². The Morgan fingerprint density at radius 3 is 2.65 bits per heavy atom. The first-order chi connectivity index (χ1) is 14.9. The van der Waals surface area contributed by atoms with Crippen LogP contribution in [-0.2, 0) is 22.4 Å². The number of hydrogen-bond acceptors (Lipinski definition) is 8. The van der Waals surface area contributed by atoms with E-state index in [2.05, 4.69) is 19.8 Å². The van der Waals surface area contributed by atoms with Gasteiger partial charge in [0.25, 0.3) is 0 Å². The number of carbonyl (C=O) groups is 1. The summed E-state index contributed by atoms with van der Waals surface area (Å²) >= 11 is 0. The Bertz CT molecular complexity index is 936. The Morgan fingerprint density at radius 1 is 1.19 bits per heavy atom. The first-order valence-corrected chi connectivity index (χ1v) is 11.1. The summed E-state index contributed by atoms with van der Waals surface area (Å²) < 4.78 is 18.5. The van der Waals surface area contributed by atoms with Crippen molar-refractivity contribution in [2.75, 3.05) is 37.7 Å². The summed E-state index contributed by atoms with van der Waals surface area (Å²) in [5.41, 5.74) is 2.02. The molecular formula is C21H30N6O4. The molecule has 2 fully saturated rings. The Hall–Kier alpha value is -2.62. The highest BCUT2D eigenvalue weighted by Gasteiger charge is 2.32. The predicted molar refractivity (Wildman–Crippen MR) is 111 cm³/mol. The highest BCUT2D eigenvalue weighted by atomic mass is 16.6. The predicted octanol–water partition coefficient (Wildman–Crippen LogP) is 2.51. The molecule has 2 saturated heterocycles. The molecule has 0 atom stereocenters. The first kappa shape index (κ1) is 20.3. The van der Waals surface area contributed by atoms with Crippen molar-refractivity contribution in [2.24, 2.45) is 0 Å². The van der Waals surface area contributed by atoms with E-state index >= 15 is 0 Å². The minimum atomic E-state index is -0.479. The maximum absolute atomic E-state index is 12.3. The van der Waals surface area contributed by atoms with E-state index < -0.39 is 5.60 Å². The van der Waals surface area contributed by atoms with Crippen molar-refractivity contribution >= 4 is 12.1 Å². The second-order valence-corrected chi connectivity index (χ2v) is 9.60. The lowest BCUT2D eigenvalue weighted by Crippen LogP contribution is -2.41. The number of likely N-dealkylation sites (tertiary alicyclic amines) is 1. The van der Waals surface area contributed by atoms with Crippen LogP contribution < -0.4 is 4.90 Å². The van der Waals surface area contributed by atoms with Crippen LogP contribution in [0.25, 0.3) is 0 Å². The fraction of sp³-hybridized carbons (Fsp3) is 0.714. The van der Waals surface area contributed by atoms with Crippen LogP contribution >= 0.6 is 0 Å². The minimum Gasteiger partial charge on any atom is -0.444 e. The van der Waals surface area contributed by atoms with Gasteiger partial charge in [0, 0.05) is 43.2 Å². The number of nitrogens with zero attached hydrogens (tertiary/aromatic N) is 6. The van der Waals surface area contributed by atoms with Crippen molar-refractivity contribution in [3.63, 3.8) is 0 Å². The molecule has 0 saturated carbocycles. The van der Waals surface area contributed by atoms with Gasteiger partial charge in [-0.3, -0.25) is 4.68 Å². The summed E-state index contributed by atoms with van der Waals surface area (Å²) in [6.45, 7) is 9.97. The highest BCUT2D eigenvalue weighted by molar-refractivity contribution is 5.68. The van der Waals surface area contributed by atoms with E-state index in [4.69, 9.17) is 19.0 Å². The summed E-state index contributed by atoms with van der Waals surface area (Å²) in [7, 11) is 0. The van der Waals surface area contributed by atoms with Gasteiger partial charge in [0.2, 0.25) is 0 Å². The van der Waals surface area contributed by atoms with Crippen LogP contribution in [0.5, 0.6) is 0 Å². The Morgan fingerprint density at radius 2 is 1.97 bits per heavy atom. The van der Waals surface area contributed by atoms with E-state index in [1.54, 1.807) is 4.90 Å². The average Bonchev–Trinajstić information content (AvgIpc) is 3.33. The van der Waals surface area contributed by atoms with E-state index in [1.807, 2.05) is 27.0 Å². The Labute approximate surface area is 181 Å². The average molecular weight is 431 g/mol. The number of hydrogen-bond donors (Lipinski definition) is 0. The fourth-order valence-electron chi connectivity index (χ4n) is 4.37. The van der Waals surface area contributed by atoms with Gasteiger partial charge in [0.1, 0.15) is 5.60 Å². The number of rotatable bonds is 3. The van der Waals surface area contributed by atoms with Crippen molar-refractivity contribution < 1.29 is 18.8 Å². The monoisotopic (exact) mass is 430 g/mol. The lowest BCUT2D eigenvalue weighted by Gasteiger charge is -2.32. The van der Waals surface area contributed by atoms with Gasteiger partial charge < -0.3 is 23.8 Å². The van der Waals surface area contributed by atoms with Gasteiger partial charge in [-0.1, -0.05) is 5.16 Å². The van der Waals surface area contributed by atoms with Crippen LogP contribution in [0.15, 0.2) is 10.7 Å². The zero-order valence-electron chi connectivity index (χ0n) is 18.4. The number of amides is 1. The molecule has 0 unspecified atom stereocenters. The molecule has 3 aliphatic heterocycles. The van der Waals surface area contributed by atoms with Crippen molar-refractivity contribution in [3.05, 3.63) is 23.3 Å². The number of anilines is 1. The summed E-state index contributed by atoms with van der Waals surface area (Å²) in [6, 6.07) is 0.937. The number of piperidine rings is 1. The maximum atomic E-state index is 12.3. The van der Waals surface area contributed by atoms with E-state index in [1.165, 1.54) is 11.3 Å². The second kappa shape index (κ2) is 7.81. The van der Waals surface area contributed by atoms with Crippen molar-refractivity contribution in [1.29, 1.82) is 0 Å². The van der Waals surface area contributed by atoms with Crippen molar-refractivity contribution in [3.8, 4) is 0 Å². The normalized spacial score (nSPS) is 20.5. The van der Waals surface area contributed by atoms with Crippen LogP contribution in [0.1, 0.15) is 62.7 Å². The number of aromatic nitrogens is 4. The zero-order valence-corrected chi connectivity index (χ0v) is 18.4. The maximum Gasteiger partial charge on any atom is 0.410 e. The first-order valence-electron chi connectivity index (χ1n) is 11.1. The zero-order chi connectivity index (χ0) is 21.6. The van der Waals surface area contributed by atoms with Gasteiger partial charge in [-0.15, -0.1) is 0 Å². The topological polar surface area (TPSA) is 98.8 Å². The molecule has 5 rings (SSSR count). The molecule has 2 aromatic heterocycles. The van der Waals surface area contributed by atoms with Gasteiger partial charge in [0.15, 0.2) is 5.82 Å². The van der Waals surface area contributed by atoms with Crippen molar-refractivity contribution in [1.82, 2.24) is 24.8 Å². The second-order valence-electron chi connectivity index (χ2n) is 9.60. The number of ether oxygens (including phenoxy) is 2. The molecule has 0 N–H and O–H groups in total. The quantitative estimate of drug-likeness (QED) is 0.733. The standard InChI is InChI=1S/C21H30N6O4/c1-21(2,3)30-20(28)25-7-4-14(5-8-25)18-23-19(31-24-18)26-9-6-17-15(11-26)10-22-27(17)16-12-29-13-16/h10,14,16H,4-9,11-13H2,1-3H3. The molecule has 0 bridgehead atoms. The molecule has 31 heavy (non-hydrogen) atoms. The Balaban J connectivity index is 1.19. The van der Waals surface area contributed by atoms with Gasteiger partial charge in [0.05, 0.1) is 32.0 Å². The smallest absolute Gasteiger partial charge is 0.410 e. The molecule has 10 nitrogen and oxygen atoms in total. The molecule has 0 aliphatic carbocycles. The summed E-state index contributed by atoms with van der Waals surface area (Å²) in [6.07, 6.45) is 4.20. The highest BCUT2D eigenvalue weighted by Crippen LogP contribution is 2.31. The van der Waals surface area contributed by atoms with E-state index in [0.29, 0.717) is 25.1 Å². The van der Waals surface area contributed by atoms with Crippen LogP contribution in [0, 0.1) is 0 Å². The molecule has 0 aromatic carbocycles. The van der Waals surface area contributed by atoms with E-state index in [0.717, 1.165) is 51.4 Å². The number of carbonyl (C=O) groups excluding carboxylic acids is 1. The van der Waals surface area contributed by atoms with Crippen LogP contribution in [-0.4, -0.2) is 69.4 Å². The molecule has 0 spiro atoms. The molecule has 168 valence electrons. The third-order valence-electron chi connectivity index (χ3n) is 6.14. The van der Waals surface area contributed by atoms with Gasteiger partial charge >= 0.3 is 12.1 Å². The van der Waals surface area contributed by atoms with Gasteiger partial charge in [-0.05, 0) is 33.6 Å². The lowest BCUT2D eigenvalue weighted by molar-refractivity contribution is -0.0299. The molecule has 3 aliphatic rings. The molecule has 0 radical (unpaired) electrons. The third kappa shape index (κ3) is 4.13. The van der Waals surface area contributed by atoms with Crippen LogP contribution in [0.2, 0.25) is 0 Å². The molecule has 5 heterocycles. The van der Waals surface area contributed by atoms with Crippen molar-refractivity contribution in [2.45, 2.75) is 64.1 Å². The SMILES string of the molecule is CC(C)(C)OC(=O)N1CCC(c2noc(N3CCc4c(cnn4C4COC4)C3)n2)CC1. The van der Waals surface area contributed by atoms with Gasteiger partial charge in [-0.2, -0.15) is 10.1 Å². The van der Waals surface area contributed by atoms with Gasteiger partial charge in [-0.25, -0.2) is 4.79 Å². The molecule has 2 aromatic rings. The minimum absolute atomic E-state index is 0.193.